The number of nitrogens with one attached hydrogen (secondary N) is 1. The Morgan fingerprint density at radius 3 is 2.92 bits per heavy atom. The largest absolute Gasteiger partial charge is 0.350 e. The smallest absolute Gasteiger partial charge is 0.266 e. The first-order valence-electron chi connectivity index (χ1n) is 7.10. The monoisotopic (exact) mass is 388 g/mol. The predicted molar refractivity (Wildman–Crippen MR) is 89.9 cm³/mol. The van der Waals surface area contributed by atoms with Crippen molar-refractivity contribution in [2.75, 3.05) is 6.54 Å². The molecule has 0 spiro atoms. The van der Waals surface area contributed by atoms with Crippen LogP contribution in [0, 0.1) is 0 Å². The number of pyridine rings is 1. The Hall–Kier alpha value is -2.81. The van der Waals surface area contributed by atoms with Crippen molar-refractivity contribution in [2.24, 2.45) is 0 Å². The highest BCUT2D eigenvalue weighted by molar-refractivity contribution is 9.10. The quantitative estimate of drug-likeness (QED) is 0.703. The van der Waals surface area contributed by atoms with E-state index in [-0.39, 0.29) is 24.6 Å². The van der Waals surface area contributed by atoms with Crippen LogP contribution in [-0.4, -0.2) is 37.0 Å². The number of nitrogens with zero attached hydrogens (tertiary/aromatic N) is 5. The third kappa shape index (κ3) is 3.74. The van der Waals surface area contributed by atoms with Gasteiger partial charge in [-0.2, -0.15) is 5.10 Å². The number of amides is 1. The fourth-order valence-electron chi connectivity index (χ4n) is 2.04. The minimum Gasteiger partial charge on any atom is -0.350 e. The van der Waals surface area contributed by atoms with Crippen LogP contribution in [0.15, 0.2) is 58.3 Å². The van der Waals surface area contributed by atoms with E-state index >= 15 is 0 Å². The molecule has 122 valence electrons. The van der Waals surface area contributed by atoms with Gasteiger partial charge in [-0.3, -0.25) is 14.6 Å². The van der Waals surface area contributed by atoms with Gasteiger partial charge in [0.15, 0.2) is 5.82 Å². The molecule has 0 radical (unpaired) electrons. The molecule has 24 heavy (non-hydrogen) atoms. The van der Waals surface area contributed by atoms with Crippen LogP contribution >= 0.6 is 15.9 Å². The van der Waals surface area contributed by atoms with Gasteiger partial charge in [-0.15, -0.1) is 5.10 Å². The minimum atomic E-state index is -0.264. The third-order valence-electron chi connectivity index (χ3n) is 3.17. The van der Waals surface area contributed by atoms with E-state index in [1.807, 2.05) is 0 Å². The molecule has 0 atom stereocenters. The van der Waals surface area contributed by atoms with Crippen molar-refractivity contribution in [2.45, 2.75) is 6.54 Å². The van der Waals surface area contributed by atoms with E-state index in [0.29, 0.717) is 11.4 Å². The summed E-state index contributed by atoms with van der Waals surface area (Å²) in [7, 11) is 0. The Labute approximate surface area is 145 Å². The zero-order valence-corrected chi connectivity index (χ0v) is 14.0. The van der Waals surface area contributed by atoms with E-state index in [9.17, 15) is 9.59 Å². The molecule has 9 heteroatoms. The number of hydrogen-bond donors (Lipinski definition) is 1. The molecule has 0 saturated carbocycles. The maximum atomic E-state index is 12.0. The first-order valence-corrected chi connectivity index (χ1v) is 7.90. The molecule has 1 N–H and O–H groups in total. The third-order valence-corrected chi connectivity index (χ3v) is 3.60. The van der Waals surface area contributed by atoms with Gasteiger partial charge in [0.1, 0.15) is 0 Å². The first-order chi connectivity index (χ1) is 11.6. The molecule has 3 aromatic rings. The number of halogens is 1. The summed E-state index contributed by atoms with van der Waals surface area (Å²) in [5.74, 6) is 0.266. The van der Waals surface area contributed by atoms with Crippen molar-refractivity contribution in [1.29, 1.82) is 0 Å². The zero-order chi connectivity index (χ0) is 16.9. The van der Waals surface area contributed by atoms with Crippen molar-refractivity contribution in [3.8, 4) is 5.82 Å². The van der Waals surface area contributed by atoms with Gasteiger partial charge in [-0.1, -0.05) is 0 Å². The molecule has 0 aliphatic carbocycles. The van der Waals surface area contributed by atoms with Crippen LogP contribution < -0.4 is 10.9 Å². The average Bonchev–Trinajstić information content (AvgIpc) is 3.11. The van der Waals surface area contributed by atoms with E-state index in [1.165, 1.54) is 16.9 Å². The SMILES string of the molecule is O=C(NCCn1nc(-n2cccn2)ccc1=O)c1cncc(Br)c1. The van der Waals surface area contributed by atoms with E-state index in [4.69, 9.17) is 0 Å². The molecule has 0 aliphatic heterocycles. The number of hydrogen-bond acceptors (Lipinski definition) is 5. The predicted octanol–water partition coefficient (Wildman–Crippen LogP) is 1.02. The topological polar surface area (TPSA) is 94.7 Å². The summed E-state index contributed by atoms with van der Waals surface area (Å²) in [4.78, 5) is 27.8. The van der Waals surface area contributed by atoms with Gasteiger partial charge in [0.2, 0.25) is 0 Å². The van der Waals surface area contributed by atoms with Crippen LogP contribution in [0.4, 0.5) is 0 Å². The Kier molecular flexibility index (Phi) is 4.80. The van der Waals surface area contributed by atoms with Gasteiger partial charge >= 0.3 is 0 Å². The number of aromatic nitrogens is 5. The van der Waals surface area contributed by atoms with Crippen molar-refractivity contribution in [1.82, 2.24) is 29.9 Å². The zero-order valence-electron chi connectivity index (χ0n) is 12.5. The summed E-state index contributed by atoms with van der Waals surface area (Å²) >= 11 is 3.27. The van der Waals surface area contributed by atoms with Crippen LogP contribution in [0.3, 0.4) is 0 Å². The highest BCUT2D eigenvalue weighted by Gasteiger charge is 2.07. The maximum absolute atomic E-state index is 12.0. The van der Waals surface area contributed by atoms with Crippen molar-refractivity contribution in [3.63, 3.8) is 0 Å². The second-order valence-corrected chi connectivity index (χ2v) is 5.77. The van der Waals surface area contributed by atoms with E-state index in [0.717, 1.165) is 4.47 Å². The van der Waals surface area contributed by atoms with Crippen molar-refractivity contribution < 1.29 is 4.79 Å². The van der Waals surface area contributed by atoms with Crippen LogP contribution in [0.2, 0.25) is 0 Å². The summed E-state index contributed by atoms with van der Waals surface area (Å²) in [6.07, 6.45) is 6.44. The van der Waals surface area contributed by atoms with E-state index in [2.05, 4.69) is 36.4 Å². The lowest BCUT2D eigenvalue weighted by atomic mass is 10.3. The summed E-state index contributed by atoms with van der Waals surface area (Å²) in [5, 5.41) is 11.0. The molecule has 0 saturated heterocycles. The molecule has 0 bridgehead atoms. The molecule has 0 unspecified atom stereocenters. The van der Waals surface area contributed by atoms with Crippen LogP contribution in [0.1, 0.15) is 10.4 Å². The number of rotatable bonds is 5. The van der Waals surface area contributed by atoms with Gasteiger partial charge in [0.05, 0.1) is 12.1 Å². The van der Waals surface area contributed by atoms with Crippen molar-refractivity contribution in [3.05, 3.63) is 69.4 Å². The van der Waals surface area contributed by atoms with E-state index < -0.39 is 0 Å². The minimum absolute atomic E-state index is 0.246. The lowest BCUT2D eigenvalue weighted by Crippen LogP contribution is -2.32. The van der Waals surface area contributed by atoms with Gasteiger partial charge in [0.25, 0.3) is 11.5 Å². The van der Waals surface area contributed by atoms with Gasteiger partial charge in [-0.25, -0.2) is 9.36 Å². The summed E-state index contributed by atoms with van der Waals surface area (Å²) in [6, 6.07) is 6.45. The summed E-state index contributed by atoms with van der Waals surface area (Å²) < 4.78 is 3.57. The van der Waals surface area contributed by atoms with Gasteiger partial charge in [0, 0.05) is 41.9 Å². The Balaban J connectivity index is 1.65. The Morgan fingerprint density at radius 1 is 1.29 bits per heavy atom. The second kappa shape index (κ2) is 7.18. The van der Waals surface area contributed by atoms with Crippen LogP contribution in [-0.2, 0) is 6.54 Å². The molecule has 0 aromatic carbocycles. The first kappa shape index (κ1) is 16.1. The maximum Gasteiger partial charge on any atom is 0.266 e. The molecule has 3 aromatic heterocycles. The van der Waals surface area contributed by atoms with Gasteiger partial charge in [-0.05, 0) is 34.1 Å². The highest BCUT2D eigenvalue weighted by Crippen LogP contribution is 2.09. The normalized spacial score (nSPS) is 10.5. The standard InChI is InChI=1S/C15H13BrN6O2/c16-12-8-11(9-17-10-12)15(24)18-5-7-22-14(23)3-2-13(20-22)21-6-1-4-19-21/h1-4,6,8-10H,5,7H2,(H,18,24). The molecular weight excluding hydrogens is 376 g/mol. The summed E-state index contributed by atoms with van der Waals surface area (Å²) in [5.41, 5.74) is 0.194. The summed E-state index contributed by atoms with van der Waals surface area (Å²) in [6.45, 7) is 0.516. The lowest BCUT2D eigenvalue weighted by molar-refractivity contribution is 0.0951. The van der Waals surface area contributed by atoms with Crippen LogP contribution in [0.5, 0.6) is 0 Å². The molecule has 1 amide bonds. The fourth-order valence-corrected chi connectivity index (χ4v) is 2.40. The number of carbonyl (C=O) groups excluding carboxylic acids is 1. The molecule has 3 heterocycles. The average molecular weight is 389 g/mol. The van der Waals surface area contributed by atoms with Crippen molar-refractivity contribution >= 4 is 21.8 Å². The molecule has 0 fully saturated rings. The fraction of sp³-hybridized carbons (Fsp3) is 0.133. The van der Waals surface area contributed by atoms with E-state index in [1.54, 1.807) is 41.5 Å². The Bertz CT molecular complexity index is 906. The molecule has 0 aliphatic rings. The Morgan fingerprint density at radius 2 is 2.17 bits per heavy atom. The lowest BCUT2D eigenvalue weighted by Gasteiger charge is -2.08. The molecule has 8 nitrogen and oxygen atoms in total. The second-order valence-electron chi connectivity index (χ2n) is 4.85. The molecule has 3 rings (SSSR count). The molecular formula is C15H13BrN6O2. The number of carbonyl (C=O) groups is 1. The van der Waals surface area contributed by atoms with Gasteiger partial charge < -0.3 is 5.32 Å². The highest BCUT2D eigenvalue weighted by atomic mass is 79.9. The van der Waals surface area contributed by atoms with Crippen LogP contribution in [0.25, 0.3) is 5.82 Å².